The predicted octanol–water partition coefficient (Wildman–Crippen LogP) is 2.85. The normalized spacial score (nSPS) is 16.7. The van der Waals surface area contributed by atoms with Crippen LogP contribution in [0.15, 0.2) is 46.7 Å². The average Bonchev–Trinajstić information content (AvgIpc) is 2.98. The van der Waals surface area contributed by atoms with E-state index in [-0.39, 0.29) is 15.2 Å². The standard InChI is InChI=1S/C16H17NO4S2/c18-15(19)14-9-13(10-22-14)23(20,21)17-11-16(7-4-8-16)12-5-2-1-3-6-12/h1-3,5-6,9-10,17H,4,7-8,11H2,(H,18,19). The number of nitrogens with one attached hydrogen (secondary N) is 1. The van der Waals surface area contributed by atoms with Gasteiger partial charge >= 0.3 is 5.97 Å². The highest BCUT2D eigenvalue weighted by atomic mass is 32.2. The Bertz CT molecular complexity index is 808. The second-order valence-electron chi connectivity index (χ2n) is 5.78. The van der Waals surface area contributed by atoms with Crippen molar-refractivity contribution in [3.63, 3.8) is 0 Å². The van der Waals surface area contributed by atoms with Crippen LogP contribution in [0.2, 0.25) is 0 Å². The minimum Gasteiger partial charge on any atom is -0.477 e. The smallest absolute Gasteiger partial charge is 0.345 e. The third kappa shape index (κ3) is 3.17. The van der Waals surface area contributed by atoms with Crippen LogP contribution in [0.1, 0.15) is 34.5 Å². The Morgan fingerprint density at radius 3 is 2.48 bits per heavy atom. The van der Waals surface area contributed by atoms with E-state index >= 15 is 0 Å². The molecule has 1 fully saturated rings. The van der Waals surface area contributed by atoms with Gasteiger partial charge in [-0.15, -0.1) is 11.3 Å². The summed E-state index contributed by atoms with van der Waals surface area (Å²) in [5.41, 5.74) is 0.991. The Morgan fingerprint density at radius 1 is 1.26 bits per heavy atom. The number of carbonyl (C=O) groups is 1. The van der Waals surface area contributed by atoms with Gasteiger partial charge in [0.15, 0.2) is 0 Å². The Kier molecular flexibility index (Phi) is 4.27. The number of sulfonamides is 1. The van der Waals surface area contributed by atoms with Gasteiger partial charge in [0, 0.05) is 17.3 Å². The summed E-state index contributed by atoms with van der Waals surface area (Å²) in [5.74, 6) is -1.11. The van der Waals surface area contributed by atoms with Gasteiger partial charge < -0.3 is 5.11 Å². The van der Waals surface area contributed by atoms with Gasteiger partial charge in [0.05, 0.1) is 4.90 Å². The summed E-state index contributed by atoms with van der Waals surface area (Å²) in [6.45, 7) is 0.331. The van der Waals surface area contributed by atoms with Crippen LogP contribution in [0.25, 0.3) is 0 Å². The van der Waals surface area contributed by atoms with Crippen molar-refractivity contribution in [2.75, 3.05) is 6.54 Å². The van der Waals surface area contributed by atoms with Crippen LogP contribution in [-0.4, -0.2) is 26.0 Å². The fourth-order valence-electron chi connectivity index (χ4n) is 2.85. The van der Waals surface area contributed by atoms with Gasteiger partial charge in [0.25, 0.3) is 0 Å². The first-order chi connectivity index (χ1) is 10.9. The molecular formula is C16H17NO4S2. The lowest BCUT2D eigenvalue weighted by Crippen LogP contribution is -2.45. The molecule has 5 nitrogen and oxygen atoms in total. The van der Waals surface area contributed by atoms with E-state index in [0.29, 0.717) is 6.54 Å². The second kappa shape index (κ2) is 6.07. The quantitative estimate of drug-likeness (QED) is 0.838. The molecule has 0 amide bonds. The first-order valence-corrected chi connectivity index (χ1v) is 9.66. The molecule has 23 heavy (non-hydrogen) atoms. The van der Waals surface area contributed by atoms with Crippen LogP contribution in [0.5, 0.6) is 0 Å². The fourth-order valence-corrected chi connectivity index (χ4v) is 5.09. The molecule has 1 aliphatic carbocycles. The van der Waals surface area contributed by atoms with Crippen molar-refractivity contribution in [3.8, 4) is 0 Å². The fraction of sp³-hybridized carbons (Fsp3) is 0.312. The van der Waals surface area contributed by atoms with Crippen LogP contribution in [-0.2, 0) is 15.4 Å². The molecule has 0 unspecified atom stereocenters. The van der Waals surface area contributed by atoms with Crippen molar-refractivity contribution in [2.45, 2.75) is 29.6 Å². The Labute approximate surface area is 139 Å². The summed E-state index contributed by atoms with van der Waals surface area (Å²) in [4.78, 5) is 10.9. The third-order valence-electron chi connectivity index (χ3n) is 4.39. The van der Waals surface area contributed by atoms with E-state index in [1.165, 1.54) is 11.4 Å². The third-order valence-corrected chi connectivity index (χ3v) is 6.84. The van der Waals surface area contributed by atoms with Crippen molar-refractivity contribution < 1.29 is 18.3 Å². The van der Waals surface area contributed by atoms with Gasteiger partial charge in [-0.25, -0.2) is 17.9 Å². The van der Waals surface area contributed by atoms with Crippen LogP contribution in [0.3, 0.4) is 0 Å². The molecule has 0 saturated heterocycles. The highest BCUT2D eigenvalue weighted by molar-refractivity contribution is 7.89. The highest BCUT2D eigenvalue weighted by Crippen LogP contribution is 2.43. The van der Waals surface area contributed by atoms with E-state index in [0.717, 1.165) is 36.2 Å². The highest BCUT2D eigenvalue weighted by Gasteiger charge is 2.39. The zero-order valence-corrected chi connectivity index (χ0v) is 14.0. The van der Waals surface area contributed by atoms with E-state index in [1.54, 1.807) is 0 Å². The average molecular weight is 351 g/mol. The van der Waals surface area contributed by atoms with Gasteiger partial charge in [0.2, 0.25) is 10.0 Å². The first kappa shape index (κ1) is 16.2. The zero-order chi connectivity index (χ0) is 16.5. The predicted molar refractivity (Wildman–Crippen MR) is 88.4 cm³/mol. The minimum atomic E-state index is -3.69. The molecule has 0 spiro atoms. The van der Waals surface area contributed by atoms with E-state index in [2.05, 4.69) is 4.72 Å². The summed E-state index contributed by atoms with van der Waals surface area (Å²) >= 11 is 0.915. The van der Waals surface area contributed by atoms with Gasteiger partial charge in [-0.3, -0.25) is 0 Å². The Balaban J connectivity index is 1.77. The second-order valence-corrected chi connectivity index (χ2v) is 8.45. The molecule has 1 aromatic heterocycles. The van der Waals surface area contributed by atoms with Crippen molar-refractivity contribution >= 4 is 27.3 Å². The van der Waals surface area contributed by atoms with E-state index in [1.807, 2.05) is 30.3 Å². The number of rotatable bonds is 6. The Morgan fingerprint density at radius 2 is 1.96 bits per heavy atom. The van der Waals surface area contributed by atoms with E-state index in [9.17, 15) is 13.2 Å². The van der Waals surface area contributed by atoms with Crippen molar-refractivity contribution in [1.82, 2.24) is 4.72 Å². The van der Waals surface area contributed by atoms with Crippen LogP contribution >= 0.6 is 11.3 Å². The minimum absolute atomic E-state index is 0.0161. The summed E-state index contributed by atoms with van der Waals surface area (Å²) in [6, 6.07) is 11.1. The molecule has 0 atom stereocenters. The van der Waals surface area contributed by atoms with Gasteiger partial charge in [-0.2, -0.15) is 0 Å². The molecule has 2 N–H and O–H groups in total. The molecule has 0 aliphatic heterocycles. The maximum Gasteiger partial charge on any atom is 0.345 e. The van der Waals surface area contributed by atoms with E-state index < -0.39 is 16.0 Å². The van der Waals surface area contributed by atoms with Gasteiger partial charge in [0.1, 0.15) is 4.88 Å². The molecular weight excluding hydrogens is 334 g/mol. The molecule has 2 aromatic rings. The number of thiophene rings is 1. The molecule has 7 heteroatoms. The van der Waals surface area contributed by atoms with Crippen LogP contribution < -0.4 is 4.72 Å². The summed E-state index contributed by atoms with van der Waals surface area (Å²) < 4.78 is 27.4. The molecule has 1 aliphatic rings. The molecule has 3 rings (SSSR count). The lowest BCUT2D eigenvalue weighted by atomic mass is 9.64. The SMILES string of the molecule is O=C(O)c1cc(S(=O)(=O)NCC2(c3ccccc3)CCC2)cs1. The van der Waals surface area contributed by atoms with Crippen LogP contribution in [0, 0.1) is 0 Å². The summed E-state index contributed by atoms with van der Waals surface area (Å²) in [6.07, 6.45) is 2.98. The number of hydrogen-bond donors (Lipinski definition) is 2. The lowest BCUT2D eigenvalue weighted by Gasteiger charge is -2.42. The molecule has 1 heterocycles. The number of carboxylic acids is 1. The topological polar surface area (TPSA) is 83.5 Å². The molecule has 122 valence electrons. The first-order valence-electron chi connectivity index (χ1n) is 7.30. The van der Waals surface area contributed by atoms with Gasteiger partial charge in [-0.1, -0.05) is 36.8 Å². The van der Waals surface area contributed by atoms with E-state index in [4.69, 9.17) is 5.11 Å². The lowest BCUT2D eigenvalue weighted by molar-refractivity contribution is 0.0702. The maximum atomic E-state index is 12.4. The Hall–Kier alpha value is -1.70. The zero-order valence-electron chi connectivity index (χ0n) is 12.4. The monoisotopic (exact) mass is 351 g/mol. The number of aromatic carboxylic acids is 1. The maximum absolute atomic E-state index is 12.4. The molecule has 1 aromatic carbocycles. The largest absolute Gasteiger partial charge is 0.477 e. The number of benzene rings is 1. The van der Waals surface area contributed by atoms with Crippen molar-refractivity contribution in [1.29, 1.82) is 0 Å². The molecule has 0 radical (unpaired) electrons. The summed E-state index contributed by atoms with van der Waals surface area (Å²) in [5, 5.41) is 10.3. The van der Waals surface area contributed by atoms with Crippen molar-refractivity contribution in [3.05, 3.63) is 52.2 Å². The number of hydrogen-bond acceptors (Lipinski definition) is 4. The van der Waals surface area contributed by atoms with Crippen LogP contribution in [0.4, 0.5) is 0 Å². The number of carboxylic acid groups (broad SMARTS) is 1. The van der Waals surface area contributed by atoms with Crippen molar-refractivity contribution in [2.24, 2.45) is 0 Å². The molecule has 1 saturated carbocycles. The van der Waals surface area contributed by atoms with Gasteiger partial charge in [-0.05, 0) is 24.5 Å². The molecule has 0 bridgehead atoms. The summed E-state index contributed by atoms with van der Waals surface area (Å²) in [7, 11) is -3.69.